The molecule has 1 unspecified atom stereocenters. The van der Waals surface area contributed by atoms with Gasteiger partial charge in [0.25, 0.3) is 0 Å². The van der Waals surface area contributed by atoms with Gasteiger partial charge in [-0.1, -0.05) is 49.3 Å². The van der Waals surface area contributed by atoms with E-state index in [1.54, 1.807) is 24.3 Å². The van der Waals surface area contributed by atoms with Crippen LogP contribution >= 0.6 is 23.4 Å². The summed E-state index contributed by atoms with van der Waals surface area (Å²) >= 11 is 7.46. The van der Waals surface area contributed by atoms with E-state index in [1.807, 2.05) is 35.9 Å². The maximum absolute atomic E-state index is 13.7. The lowest BCUT2D eigenvalue weighted by Crippen LogP contribution is -2.23. The second-order valence-electron chi connectivity index (χ2n) is 8.86. The molecule has 4 nitrogen and oxygen atoms in total. The minimum absolute atomic E-state index is 0.0870. The van der Waals surface area contributed by atoms with Crippen LogP contribution in [0.2, 0.25) is 5.02 Å². The van der Waals surface area contributed by atoms with Crippen molar-refractivity contribution in [3.63, 3.8) is 0 Å². The Balaban J connectivity index is 1.54. The van der Waals surface area contributed by atoms with E-state index >= 15 is 0 Å². The molecule has 0 radical (unpaired) electrons. The number of benzene rings is 3. The average Bonchev–Trinajstić information content (AvgIpc) is 3.43. The van der Waals surface area contributed by atoms with E-state index < -0.39 is 11.2 Å². The van der Waals surface area contributed by atoms with Crippen molar-refractivity contribution < 1.29 is 18.3 Å². The van der Waals surface area contributed by atoms with Gasteiger partial charge >= 0.3 is 0 Å². The SMILES string of the molecule is CC1Oc2ccc(C(C)(C)c3cnc(SCc4ccc(F)c(Cl)c4)n3-c3ccc(F)cc3)cc2O1. The summed E-state index contributed by atoms with van der Waals surface area (Å²) in [6, 6.07) is 17.0. The second kappa shape index (κ2) is 9.21. The monoisotopic (exact) mass is 512 g/mol. The summed E-state index contributed by atoms with van der Waals surface area (Å²) in [6.45, 7) is 6.07. The van der Waals surface area contributed by atoms with Gasteiger partial charge in [0.05, 0.1) is 16.9 Å². The van der Waals surface area contributed by atoms with Crippen LogP contribution in [0, 0.1) is 11.6 Å². The summed E-state index contributed by atoms with van der Waals surface area (Å²) in [5.74, 6) is 1.21. The highest BCUT2D eigenvalue weighted by atomic mass is 35.5. The predicted octanol–water partition coefficient (Wildman–Crippen LogP) is 7.54. The number of ether oxygens (including phenoxy) is 2. The molecule has 1 aliphatic heterocycles. The van der Waals surface area contributed by atoms with Crippen LogP contribution in [0.3, 0.4) is 0 Å². The van der Waals surface area contributed by atoms with Crippen LogP contribution in [0.25, 0.3) is 5.69 Å². The topological polar surface area (TPSA) is 36.3 Å². The van der Waals surface area contributed by atoms with E-state index in [-0.39, 0.29) is 17.1 Å². The van der Waals surface area contributed by atoms with Crippen molar-refractivity contribution in [2.24, 2.45) is 0 Å². The molecule has 1 atom stereocenters. The van der Waals surface area contributed by atoms with Crippen LogP contribution in [0.5, 0.6) is 11.5 Å². The van der Waals surface area contributed by atoms with Gasteiger partial charge < -0.3 is 9.47 Å². The molecular formula is C27H23ClF2N2O2S. The molecule has 0 saturated carbocycles. The Morgan fingerprint density at radius 3 is 2.49 bits per heavy atom. The van der Waals surface area contributed by atoms with Crippen LogP contribution in [0.4, 0.5) is 8.78 Å². The molecule has 4 aromatic rings. The van der Waals surface area contributed by atoms with E-state index in [0.717, 1.165) is 33.4 Å². The molecule has 3 aromatic carbocycles. The fourth-order valence-corrected chi connectivity index (χ4v) is 5.25. The average molecular weight is 513 g/mol. The van der Waals surface area contributed by atoms with Crippen molar-refractivity contribution in [2.75, 3.05) is 0 Å². The Morgan fingerprint density at radius 2 is 1.74 bits per heavy atom. The van der Waals surface area contributed by atoms with Crippen LogP contribution in [-0.2, 0) is 11.2 Å². The van der Waals surface area contributed by atoms with Gasteiger partial charge in [-0.25, -0.2) is 13.8 Å². The Morgan fingerprint density at radius 1 is 1.00 bits per heavy atom. The molecule has 1 aliphatic rings. The zero-order valence-corrected chi connectivity index (χ0v) is 21.0. The smallest absolute Gasteiger partial charge is 0.238 e. The lowest BCUT2D eigenvalue weighted by molar-refractivity contribution is 0.0678. The molecule has 0 N–H and O–H groups in total. The molecule has 0 aliphatic carbocycles. The van der Waals surface area contributed by atoms with Gasteiger partial charge in [0.2, 0.25) is 6.29 Å². The van der Waals surface area contributed by atoms with Gasteiger partial charge in [0, 0.05) is 23.8 Å². The van der Waals surface area contributed by atoms with Crippen molar-refractivity contribution in [1.82, 2.24) is 9.55 Å². The molecule has 5 rings (SSSR count). The first-order chi connectivity index (χ1) is 16.7. The van der Waals surface area contributed by atoms with Crippen LogP contribution in [-0.4, -0.2) is 15.8 Å². The number of hydrogen-bond donors (Lipinski definition) is 0. The van der Waals surface area contributed by atoms with Gasteiger partial charge in [0.1, 0.15) is 11.6 Å². The van der Waals surface area contributed by atoms with E-state index in [2.05, 4.69) is 13.8 Å². The number of thioether (sulfide) groups is 1. The third-order valence-electron chi connectivity index (χ3n) is 6.06. The van der Waals surface area contributed by atoms with Crippen LogP contribution in [0.1, 0.15) is 37.6 Å². The predicted molar refractivity (Wildman–Crippen MR) is 134 cm³/mol. The molecule has 35 heavy (non-hydrogen) atoms. The number of fused-ring (bicyclic) bond motifs is 1. The third-order valence-corrected chi connectivity index (χ3v) is 7.37. The summed E-state index contributed by atoms with van der Waals surface area (Å²) < 4.78 is 40.8. The van der Waals surface area contributed by atoms with Crippen molar-refractivity contribution >= 4 is 23.4 Å². The maximum Gasteiger partial charge on any atom is 0.238 e. The van der Waals surface area contributed by atoms with Crippen molar-refractivity contribution in [3.05, 3.63) is 100 Å². The lowest BCUT2D eigenvalue weighted by atomic mass is 9.81. The molecule has 0 spiro atoms. The minimum Gasteiger partial charge on any atom is -0.451 e. The fraction of sp³-hybridized carbons (Fsp3) is 0.222. The zero-order valence-electron chi connectivity index (χ0n) is 19.4. The Kier molecular flexibility index (Phi) is 6.23. The van der Waals surface area contributed by atoms with Gasteiger partial charge in [-0.3, -0.25) is 4.57 Å². The van der Waals surface area contributed by atoms with Gasteiger partial charge in [-0.05, 0) is 59.7 Å². The maximum atomic E-state index is 13.7. The van der Waals surface area contributed by atoms with Crippen molar-refractivity contribution in [3.8, 4) is 17.2 Å². The Hall–Kier alpha value is -3.03. The molecule has 0 saturated heterocycles. The quantitative estimate of drug-likeness (QED) is 0.250. The number of halogens is 3. The van der Waals surface area contributed by atoms with Crippen LogP contribution < -0.4 is 9.47 Å². The standard InChI is InChI=1S/C27H23ClF2N2O2S/c1-16-33-23-11-5-18(13-24(23)34-16)27(2,3)25-14-31-26(32(25)20-8-6-19(29)7-9-20)35-15-17-4-10-22(30)21(28)12-17/h4-14,16H,15H2,1-3H3. The number of hydrogen-bond acceptors (Lipinski definition) is 4. The fourth-order valence-electron chi connectivity index (χ4n) is 4.11. The molecule has 8 heteroatoms. The largest absolute Gasteiger partial charge is 0.451 e. The van der Waals surface area contributed by atoms with Gasteiger partial charge in [-0.15, -0.1) is 0 Å². The number of imidazole rings is 1. The van der Waals surface area contributed by atoms with Crippen molar-refractivity contribution in [2.45, 2.75) is 43.4 Å². The second-order valence-corrected chi connectivity index (χ2v) is 10.2. The summed E-state index contributed by atoms with van der Waals surface area (Å²) in [5.41, 5.74) is 3.15. The zero-order chi connectivity index (χ0) is 24.7. The summed E-state index contributed by atoms with van der Waals surface area (Å²) in [4.78, 5) is 4.72. The molecule has 0 fully saturated rings. The van der Waals surface area contributed by atoms with E-state index in [9.17, 15) is 8.78 Å². The summed E-state index contributed by atoms with van der Waals surface area (Å²) in [5, 5.41) is 0.818. The van der Waals surface area contributed by atoms with E-state index in [1.165, 1.54) is 30.0 Å². The Bertz CT molecular complexity index is 1390. The van der Waals surface area contributed by atoms with Crippen molar-refractivity contribution in [1.29, 1.82) is 0 Å². The molecule has 0 bridgehead atoms. The molecular weight excluding hydrogens is 490 g/mol. The first kappa shape index (κ1) is 23.7. The first-order valence-electron chi connectivity index (χ1n) is 11.1. The molecule has 1 aromatic heterocycles. The van der Waals surface area contributed by atoms with Gasteiger partial charge in [0.15, 0.2) is 16.7 Å². The molecule has 2 heterocycles. The number of rotatable bonds is 6. The molecule has 180 valence electrons. The Labute approximate surface area is 211 Å². The minimum atomic E-state index is -0.469. The number of nitrogens with zero attached hydrogens (tertiary/aromatic N) is 2. The normalized spacial score (nSPS) is 15.0. The number of aromatic nitrogens is 2. The van der Waals surface area contributed by atoms with Crippen LogP contribution in [0.15, 0.2) is 72.0 Å². The third kappa shape index (κ3) is 4.62. The highest BCUT2D eigenvalue weighted by molar-refractivity contribution is 7.98. The summed E-state index contributed by atoms with van der Waals surface area (Å²) in [7, 11) is 0. The van der Waals surface area contributed by atoms with Gasteiger partial charge in [-0.2, -0.15) is 0 Å². The summed E-state index contributed by atoms with van der Waals surface area (Å²) in [6.07, 6.45) is 1.52. The molecule has 0 amide bonds. The highest BCUT2D eigenvalue weighted by Crippen LogP contribution is 2.42. The van der Waals surface area contributed by atoms with E-state index in [4.69, 9.17) is 26.1 Å². The highest BCUT2D eigenvalue weighted by Gasteiger charge is 2.32. The lowest BCUT2D eigenvalue weighted by Gasteiger charge is -2.27. The van der Waals surface area contributed by atoms with E-state index in [0.29, 0.717) is 11.5 Å². The first-order valence-corrected chi connectivity index (χ1v) is 12.5.